The van der Waals surface area contributed by atoms with Crippen molar-refractivity contribution in [2.75, 3.05) is 33.2 Å². The van der Waals surface area contributed by atoms with Crippen LogP contribution in [-0.4, -0.2) is 76.2 Å². The minimum absolute atomic E-state index is 0.0384. The number of hydrogen-bond donors (Lipinski definition) is 2. The Morgan fingerprint density at radius 1 is 1.29 bits per heavy atom. The van der Waals surface area contributed by atoms with Gasteiger partial charge < -0.3 is 11.1 Å². The lowest BCUT2D eigenvalue weighted by Gasteiger charge is -2.47. The van der Waals surface area contributed by atoms with Crippen molar-refractivity contribution >= 4 is 11.8 Å². The molecule has 3 N–H and O–H groups in total. The monoisotopic (exact) mass is 388 g/mol. The summed E-state index contributed by atoms with van der Waals surface area (Å²) >= 11 is 0. The minimum Gasteiger partial charge on any atom is -0.369 e. The Bertz CT molecular complexity index is 730. The number of nitrogens with zero attached hydrogens (tertiary/aromatic N) is 4. The second-order valence-corrected chi connectivity index (χ2v) is 8.82. The number of nitrogens with two attached hydrogens (primary N) is 1. The van der Waals surface area contributed by atoms with Gasteiger partial charge in [0, 0.05) is 25.8 Å². The zero-order chi connectivity index (χ0) is 19.7. The van der Waals surface area contributed by atoms with E-state index >= 15 is 0 Å². The lowest BCUT2D eigenvalue weighted by atomic mass is 9.82. The molecule has 2 unspecified atom stereocenters. The number of nitrogens with one attached hydrogen (secondary N) is 1. The summed E-state index contributed by atoms with van der Waals surface area (Å²) < 4.78 is 1.87. The third-order valence-electron chi connectivity index (χ3n) is 7.03. The summed E-state index contributed by atoms with van der Waals surface area (Å²) in [5, 5.41) is 7.69. The predicted octanol–water partition coefficient (Wildman–Crippen LogP) is 0.437. The summed E-state index contributed by atoms with van der Waals surface area (Å²) in [4.78, 5) is 29.0. The Balaban J connectivity index is 1.46. The van der Waals surface area contributed by atoms with Gasteiger partial charge in [0.05, 0.1) is 18.1 Å². The highest BCUT2D eigenvalue weighted by atomic mass is 16.2. The minimum atomic E-state index is -0.293. The molecule has 3 aliphatic rings. The van der Waals surface area contributed by atoms with Gasteiger partial charge in [0.15, 0.2) is 0 Å². The molecule has 0 aromatic carbocycles. The van der Waals surface area contributed by atoms with Gasteiger partial charge >= 0.3 is 0 Å². The molecule has 1 aliphatic carbocycles. The Kier molecular flexibility index (Phi) is 5.42. The third kappa shape index (κ3) is 3.67. The molecule has 28 heavy (non-hydrogen) atoms. The maximum absolute atomic E-state index is 13.1. The molecule has 1 saturated carbocycles. The van der Waals surface area contributed by atoms with Crippen LogP contribution < -0.4 is 11.1 Å². The molecule has 2 aliphatic heterocycles. The highest BCUT2D eigenvalue weighted by Gasteiger charge is 2.50. The molecule has 0 radical (unpaired) electrons. The van der Waals surface area contributed by atoms with Gasteiger partial charge in [0.2, 0.25) is 5.91 Å². The zero-order valence-electron chi connectivity index (χ0n) is 16.8. The first-order chi connectivity index (χ1) is 13.5. The quantitative estimate of drug-likeness (QED) is 0.737. The van der Waals surface area contributed by atoms with Gasteiger partial charge in [-0.25, -0.2) is 0 Å². The van der Waals surface area contributed by atoms with Crippen molar-refractivity contribution in [3.63, 3.8) is 0 Å². The van der Waals surface area contributed by atoms with E-state index in [4.69, 9.17) is 5.73 Å². The normalized spacial score (nSPS) is 29.1. The highest BCUT2D eigenvalue weighted by Crippen LogP contribution is 2.36. The summed E-state index contributed by atoms with van der Waals surface area (Å²) in [6.45, 7) is 3.70. The van der Waals surface area contributed by atoms with E-state index in [1.54, 1.807) is 6.20 Å². The van der Waals surface area contributed by atoms with Gasteiger partial charge in [-0.3, -0.25) is 24.1 Å². The molecule has 1 aromatic rings. The number of rotatable bonds is 6. The highest BCUT2D eigenvalue weighted by molar-refractivity contribution is 5.92. The third-order valence-corrected chi connectivity index (χ3v) is 7.03. The first-order valence-electron chi connectivity index (χ1n) is 10.5. The molecule has 4 rings (SSSR count). The van der Waals surface area contributed by atoms with E-state index in [0.29, 0.717) is 11.6 Å². The second-order valence-electron chi connectivity index (χ2n) is 8.82. The molecule has 2 amide bonds. The van der Waals surface area contributed by atoms with E-state index in [0.717, 1.165) is 45.4 Å². The molecule has 0 bridgehead atoms. The molecule has 154 valence electrons. The van der Waals surface area contributed by atoms with Gasteiger partial charge in [0.25, 0.3) is 5.91 Å². The SMILES string of the molecule is CN1CCC(NC(=O)c2ccnn2CC2CCC2)C12CCCN(CC(N)=O)C2. The number of likely N-dealkylation sites (tertiary alicyclic amines) is 2. The lowest BCUT2D eigenvalue weighted by molar-refractivity contribution is -0.120. The van der Waals surface area contributed by atoms with Crippen LogP contribution in [0.5, 0.6) is 0 Å². The summed E-state index contributed by atoms with van der Waals surface area (Å²) in [5.74, 6) is 0.317. The zero-order valence-corrected chi connectivity index (χ0v) is 16.8. The van der Waals surface area contributed by atoms with E-state index in [2.05, 4.69) is 27.3 Å². The van der Waals surface area contributed by atoms with Crippen molar-refractivity contribution in [2.24, 2.45) is 11.7 Å². The molecule has 2 atom stereocenters. The summed E-state index contributed by atoms with van der Waals surface area (Å²) in [7, 11) is 2.13. The first-order valence-corrected chi connectivity index (χ1v) is 10.5. The Labute approximate surface area is 166 Å². The number of aromatic nitrogens is 2. The maximum atomic E-state index is 13.1. The number of carbonyl (C=O) groups is 2. The van der Waals surface area contributed by atoms with E-state index in [9.17, 15) is 9.59 Å². The van der Waals surface area contributed by atoms with Crippen molar-refractivity contribution in [3.05, 3.63) is 18.0 Å². The lowest BCUT2D eigenvalue weighted by Crippen LogP contribution is -2.64. The molecule has 8 heteroatoms. The topological polar surface area (TPSA) is 96.5 Å². The van der Waals surface area contributed by atoms with Crippen LogP contribution in [0.2, 0.25) is 0 Å². The largest absolute Gasteiger partial charge is 0.369 e. The standard InChI is InChI=1S/C20H32N6O2/c1-24-11-7-17(20(24)8-3-10-25(14-20)13-18(21)27)23-19(28)16-6-9-22-26(16)12-15-4-2-5-15/h6,9,15,17H,2-5,7-8,10-14H2,1H3,(H2,21,27)(H,23,28). The van der Waals surface area contributed by atoms with Crippen LogP contribution in [0.4, 0.5) is 0 Å². The van der Waals surface area contributed by atoms with Gasteiger partial charge in [-0.1, -0.05) is 6.42 Å². The van der Waals surface area contributed by atoms with Crippen LogP contribution in [-0.2, 0) is 11.3 Å². The number of primary amides is 1. The van der Waals surface area contributed by atoms with Gasteiger partial charge in [-0.15, -0.1) is 0 Å². The number of hydrogen-bond acceptors (Lipinski definition) is 5. The van der Waals surface area contributed by atoms with E-state index in [-0.39, 0.29) is 29.9 Å². The van der Waals surface area contributed by atoms with Crippen molar-refractivity contribution in [1.82, 2.24) is 24.9 Å². The second kappa shape index (κ2) is 7.83. The van der Waals surface area contributed by atoms with Crippen molar-refractivity contribution in [1.29, 1.82) is 0 Å². The van der Waals surface area contributed by atoms with E-state index in [1.807, 2.05) is 10.7 Å². The van der Waals surface area contributed by atoms with Gasteiger partial charge in [-0.05, 0) is 57.7 Å². The molecule has 1 spiro atoms. The Morgan fingerprint density at radius 2 is 2.11 bits per heavy atom. The summed E-state index contributed by atoms with van der Waals surface area (Å²) in [6, 6.07) is 1.88. The molecule has 3 heterocycles. The van der Waals surface area contributed by atoms with Crippen molar-refractivity contribution in [2.45, 2.75) is 56.7 Å². The molecular formula is C20H32N6O2. The molecular weight excluding hydrogens is 356 g/mol. The summed E-state index contributed by atoms with van der Waals surface area (Å²) in [5.41, 5.74) is 5.94. The van der Waals surface area contributed by atoms with Crippen LogP contribution in [0, 0.1) is 5.92 Å². The smallest absolute Gasteiger partial charge is 0.269 e. The van der Waals surface area contributed by atoms with Gasteiger partial charge in [0.1, 0.15) is 5.69 Å². The van der Waals surface area contributed by atoms with Crippen LogP contribution in [0.15, 0.2) is 12.3 Å². The first kappa shape index (κ1) is 19.4. The van der Waals surface area contributed by atoms with E-state index in [1.165, 1.54) is 19.3 Å². The fourth-order valence-corrected chi connectivity index (χ4v) is 5.22. The molecule has 3 fully saturated rings. The van der Waals surface area contributed by atoms with E-state index < -0.39 is 0 Å². The van der Waals surface area contributed by atoms with Crippen LogP contribution in [0.1, 0.15) is 49.0 Å². The fourth-order valence-electron chi connectivity index (χ4n) is 5.22. The van der Waals surface area contributed by atoms with Crippen molar-refractivity contribution < 1.29 is 9.59 Å². The van der Waals surface area contributed by atoms with Crippen LogP contribution in [0.25, 0.3) is 0 Å². The maximum Gasteiger partial charge on any atom is 0.269 e. The molecule has 1 aromatic heterocycles. The fraction of sp³-hybridized carbons (Fsp3) is 0.750. The molecule has 8 nitrogen and oxygen atoms in total. The number of likely N-dealkylation sites (N-methyl/N-ethyl adjacent to an activating group) is 1. The number of carbonyl (C=O) groups excluding carboxylic acids is 2. The van der Waals surface area contributed by atoms with Crippen LogP contribution >= 0.6 is 0 Å². The average molecular weight is 389 g/mol. The number of amides is 2. The number of piperidine rings is 1. The van der Waals surface area contributed by atoms with Gasteiger partial charge in [-0.2, -0.15) is 5.10 Å². The predicted molar refractivity (Wildman–Crippen MR) is 106 cm³/mol. The van der Waals surface area contributed by atoms with Crippen molar-refractivity contribution in [3.8, 4) is 0 Å². The molecule has 2 saturated heterocycles. The Morgan fingerprint density at radius 3 is 2.82 bits per heavy atom. The average Bonchev–Trinajstić information content (AvgIpc) is 3.18. The Hall–Kier alpha value is -1.93. The summed E-state index contributed by atoms with van der Waals surface area (Å²) in [6.07, 6.45) is 8.41. The van der Waals surface area contributed by atoms with Crippen LogP contribution in [0.3, 0.4) is 0 Å².